The Bertz CT molecular complexity index is 607. The average molecular weight is 254 g/mol. The lowest BCUT2D eigenvalue weighted by Gasteiger charge is -1.99. The summed E-state index contributed by atoms with van der Waals surface area (Å²) in [5, 5.41) is 10.9. The molecule has 0 bridgehead atoms. The smallest absolute Gasteiger partial charge is 0.273 e. The number of nitrogens with zero attached hydrogens (tertiary/aromatic N) is 3. The molecule has 0 aliphatic rings. The van der Waals surface area contributed by atoms with Crippen LogP contribution >= 0.6 is 0 Å². The molecule has 5 nitrogen and oxygen atoms in total. The molecule has 0 aliphatic carbocycles. The van der Waals surface area contributed by atoms with Crippen molar-refractivity contribution in [1.29, 1.82) is 0 Å². The third-order valence-corrected chi connectivity index (χ3v) is 2.42. The summed E-state index contributed by atoms with van der Waals surface area (Å²) >= 11 is 0. The van der Waals surface area contributed by atoms with E-state index in [9.17, 15) is 4.79 Å². The maximum atomic E-state index is 11.8. The lowest BCUT2D eigenvalue weighted by molar-refractivity contribution is 0.0949. The predicted octanol–water partition coefficient (Wildman–Crippen LogP) is 1.41. The van der Waals surface area contributed by atoms with E-state index < -0.39 is 0 Å². The number of rotatable bonds is 4. The first-order valence-electron chi connectivity index (χ1n) is 5.97. The molecule has 1 amide bonds. The van der Waals surface area contributed by atoms with Gasteiger partial charge in [0.05, 0.1) is 11.9 Å². The van der Waals surface area contributed by atoms with Crippen LogP contribution in [0.5, 0.6) is 0 Å². The molecule has 1 aromatic carbocycles. The van der Waals surface area contributed by atoms with E-state index in [1.54, 1.807) is 6.92 Å². The van der Waals surface area contributed by atoms with Crippen LogP contribution in [0.4, 0.5) is 0 Å². The quantitative estimate of drug-likeness (QED) is 0.663. The molecular weight excluding hydrogens is 240 g/mol. The van der Waals surface area contributed by atoms with Gasteiger partial charge in [0.2, 0.25) is 0 Å². The van der Waals surface area contributed by atoms with Crippen molar-refractivity contribution in [2.24, 2.45) is 0 Å². The summed E-state index contributed by atoms with van der Waals surface area (Å²) in [6.45, 7) is 2.28. The monoisotopic (exact) mass is 254 g/mol. The van der Waals surface area contributed by atoms with Crippen LogP contribution in [0.25, 0.3) is 5.69 Å². The van der Waals surface area contributed by atoms with Crippen molar-refractivity contribution < 1.29 is 4.79 Å². The van der Waals surface area contributed by atoms with Gasteiger partial charge in [-0.2, -0.15) is 9.90 Å². The van der Waals surface area contributed by atoms with Crippen molar-refractivity contribution in [3.63, 3.8) is 0 Å². The third-order valence-electron chi connectivity index (χ3n) is 2.42. The van der Waals surface area contributed by atoms with Crippen LogP contribution < -0.4 is 5.32 Å². The van der Waals surface area contributed by atoms with Gasteiger partial charge >= 0.3 is 0 Å². The van der Waals surface area contributed by atoms with Gasteiger partial charge in [0, 0.05) is 13.0 Å². The molecule has 1 N–H and O–H groups in total. The first kappa shape index (κ1) is 12.8. The van der Waals surface area contributed by atoms with Gasteiger partial charge < -0.3 is 5.32 Å². The second-order valence-electron chi connectivity index (χ2n) is 3.79. The van der Waals surface area contributed by atoms with Gasteiger partial charge in [0.15, 0.2) is 5.69 Å². The Morgan fingerprint density at radius 3 is 2.89 bits per heavy atom. The van der Waals surface area contributed by atoms with Gasteiger partial charge in [-0.1, -0.05) is 18.2 Å². The summed E-state index contributed by atoms with van der Waals surface area (Å²) in [6.07, 6.45) is 2.09. The highest BCUT2D eigenvalue weighted by Crippen LogP contribution is 2.03. The molecule has 0 spiro atoms. The maximum absolute atomic E-state index is 11.8. The van der Waals surface area contributed by atoms with Crippen molar-refractivity contribution in [1.82, 2.24) is 20.3 Å². The van der Waals surface area contributed by atoms with E-state index in [1.165, 1.54) is 11.0 Å². The minimum Gasteiger partial charge on any atom is -0.350 e. The molecule has 1 aromatic heterocycles. The molecule has 1 heterocycles. The molecule has 2 aromatic rings. The normalized spacial score (nSPS) is 9.53. The van der Waals surface area contributed by atoms with Crippen LogP contribution in [-0.2, 0) is 0 Å². The molecule has 19 heavy (non-hydrogen) atoms. The van der Waals surface area contributed by atoms with Crippen molar-refractivity contribution in [2.75, 3.05) is 6.54 Å². The third kappa shape index (κ3) is 3.42. The van der Waals surface area contributed by atoms with Gasteiger partial charge in [0.1, 0.15) is 0 Å². The lowest BCUT2D eigenvalue weighted by Crippen LogP contribution is -2.24. The molecule has 0 atom stereocenters. The van der Waals surface area contributed by atoms with E-state index in [0.29, 0.717) is 18.7 Å². The van der Waals surface area contributed by atoms with Crippen molar-refractivity contribution >= 4 is 5.91 Å². The highest BCUT2D eigenvalue weighted by molar-refractivity contribution is 5.91. The summed E-state index contributed by atoms with van der Waals surface area (Å²) in [6, 6.07) is 9.44. The summed E-state index contributed by atoms with van der Waals surface area (Å²) in [7, 11) is 0. The van der Waals surface area contributed by atoms with Crippen LogP contribution in [0, 0.1) is 11.8 Å². The zero-order chi connectivity index (χ0) is 13.5. The number of para-hydroxylation sites is 1. The molecule has 0 saturated heterocycles. The SMILES string of the molecule is CC#CCCNC(=O)c1cnn(-c2ccccc2)n1. The van der Waals surface area contributed by atoms with Gasteiger partial charge in [-0.25, -0.2) is 0 Å². The highest BCUT2D eigenvalue weighted by Gasteiger charge is 2.10. The minimum absolute atomic E-state index is 0.236. The first-order chi connectivity index (χ1) is 9.31. The second kappa shape index (κ2) is 6.36. The zero-order valence-electron chi connectivity index (χ0n) is 10.6. The molecule has 96 valence electrons. The lowest BCUT2D eigenvalue weighted by atomic mass is 10.3. The molecule has 5 heteroatoms. The highest BCUT2D eigenvalue weighted by atomic mass is 16.2. The number of nitrogens with one attached hydrogen (secondary N) is 1. The van der Waals surface area contributed by atoms with E-state index in [0.717, 1.165) is 5.69 Å². The van der Waals surface area contributed by atoms with Crippen molar-refractivity contribution in [3.8, 4) is 17.5 Å². The first-order valence-corrected chi connectivity index (χ1v) is 5.97. The van der Waals surface area contributed by atoms with Crippen molar-refractivity contribution in [3.05, 3.63) is 42.2 Å². The summed E-state index contributed by atoms with van der Waals surface area (Å²) < 4.78 is 0. The Kier molecular flexibility index (Phi) is 4.29. The summed E-state index contributed by atoms with van der Waals surface area (Å²) in [5.41, 5.74) is 1.12. The molecule has 0 radical (unpaired) electrons. The van der Waals surface area contributed by atoms with Gasteiger partial charge in [-0.3, -0.25) is 4.79 Å². The van der Waals surface area contributed by atoms with Crippen LogP contribution in [-0.4, -0.2) is 27.4 Å². The number of carbonyl (C=O) groups is 1. The molecule has 0 unspecified atom stereocenters. The van der Waals surface area contributed by atoms with E-state index >= 15 is 0 Å². The van der Waals surface area contributed by atoms with Gasteiger partial charge in [-0.15, -0.1) is 16.9 Å². The van der Waals surface area contributed by atoms with Gasteiger partial charge in [-0.05, 0) is 19.1 Å². The summed E-state index contributed by atoms with van der Waals surface area (Å²) in [4.78, 5) is 13.2. The number of amides is 1. The number of carbonyl (C=O) groups excluding carboxylic acids is 1. The Labute approximate surface area is 111 Å². The Morgan fingerprint density at radius 2 is 2.16 bits per heavy atom. The predicted molar refractivity (Wildman–Crippen MR) is 71.8 cm³/mol. The van der Waals surface area contributed by atoms with Crippen LogP contribution in [0.3, 0.4) is 0 Å². The number of aromatic nitrogens is 3. The number of hydrogen-bond acceptors (Lipinski definition) is 3. The van der Waals surface area contributed by atoms with Crippen molar-refractivity contribution in [2.45, 2.75) is 13.3 Å². The van der Waals surface area contributed by atoms with E-state index in [-0.39, 0.29) is 5.91 Å². The van der Waals surface area contributed by atoms with Gasteiger partial charge in [0.25, 0.3) is 5.91 Å². The standard InChI is InChI=1S/C14H14N4O/c1-2-3-7-10-15-14(19)13-11-16-18(17-13)12-8-5-4-6-9-12/h4-6,8-9,11H,7,10H2,1H3,(H,15,19). The fourth-order valence-electron chi connectivity index (χ4n) is 1.51. The average Bonchev–Trinajstić information content (AvgIpc) is 2.94. The number of hydrogen-bond donors (Lipinski definition) is 1. The van der Waals surface area contributed by atoms with Crippen LogP contribution in [0.1, 0.15) is 23.8 Å². The Morgan fingerprint density at radius 1 is 1.37 bits per heavy atom. The minimum atomic E-state index is -0.236. The summed E-state index contributed by atoms with van der Waals surface area (Å²) in [5.74, 6) is 5.42. The topological polar surface area (TPSA) is 59.8 Å². The fraction of sp³-hybridized carbons (Fsp3) is 0.214. The van der Waals surface area contributed by atoms with E-state index in [2.05, 4.69) is 27.4 Å². The van der Waals surface area contributed by atoms with E-state index in [1.807, 2.05) is 30.3 Å². The molecule has 0 saturated carbocycles. The number of benzene rings is 1. The largest absolute Gasteiger partial charge is 0.350 e. The molecule has 0 fully saturated rings. The van der Waals surface area contributed by atoms with E-state index in [4.69, 9.17) is 0 Å². The van der Waals surface area contributed by atoms with Crippen LogP contribution in [0.2, 0.25) is 0 Å². The maximum Gasteiger partial charge on any atom is 0.273 e. The second-order valence-corrected chi connectivity index (χ2v) is 3.79. The fourth-order valence-corrected chi connectivity index (χ4v) is 1.51. The van der Waals surface area contributed by atoms with Crippen LogP contribution in [0.15, 0.2) is 36.5 Å². The molecule has 2 rings (SSSR count). The molecular formula is C14H14N4O. The molecule has 0 aliphatic heterocycles. The zero-order valence-corrected chi connectivity index (χ0v) is 10.6. The Balaban J connectivity index is 2.00. The Hall–Kier alpha value is -2.61.